The van der Waals surface area contributed by atoms with Gasteiger partial charge in [0, 0.05) is 43.8 Å². The summed E-state index contributed by atoms with van der Waals surface area (Å²) in [4.78, 5) is 54.5. The van der Waals surface area contributed by atoms with Crippen molar-refractivity contribution in [2.24, 2.45) is 0 Å². The minimum Gasteiger partial charge on any atom is -0.308 e. The summed E-state index contributed by atoms with van der Waals surface area (Å²) in [5.74, 6) is 5.50. The Morgan fingerprint density at radius 2 is 0.650 bits per heavy atom. The fourth-order valence-electron chi connectivity index (χ4n) is 10.5. The predicted molar refractivity (Wildman–Crippen MR) is 288 cm³/mol. The molecule has 80 heavy (non-hydrogen) atoms. The van der Waals surface area contributed by atoms with Gasteiger partial charge < -0.3 is 9.13 Å². The molecule has 0 spiro atoms. The summed E-state index contributed by atoms with van der Waals surface area (Å²) in [6.07, 6.45) is -10.4. The van der Waals surface area contributed by atoms with Crippen LogP contribution in [0.25, 0.3) is 112 Å². The predicted octanol–water partition coefficient (Wildman–Crippen LogP) is 13.3. The van der Waals surface area contributed by atoms with E-state index in [1.54, 1.807) is 88.8 Å². The van der Waals surface area contributed by atoms with Gasteiger partial charge in [0.05, 0.1) is 44.6 Å². The molecular weight excluding hydrogens is 1030 g/mol. The van der Waals surface area contributed by atoms with Crippen molar-refractivity contribution in [1.82, 2.24) is 68.9 Å². The molecule has 0 aliphatic carbocycles. The molecule has 0 aliphatic heterocycles. The minimum atomic E-state index is -5.26. The average molecular weight is 1070 g/mol. The van der Waals surface area contributed by atoms with Crippen LogP contribution in [0.4, 0.5) is 26.3 Å². The molecule has 12 aromatic rings. The smallest absolute Gasteiger partial charge is 0.308 e. The number of fused-ring (bicyclic) bond motifs is 6. The fraction of sp³-hybridized carbons (Fsp3) is 0.169. The lowest BCUT2D eigenvalue weighted by atomic mass is 9.94. The summed E-state index contributed by atoms with van der Waals surface area (Å²) >= 11 is 0. The molecule has 0 radical (unpaired) electrons. The van der Waals surface area contributed by atoms with Crippen molar-refractivity contribution in [3.8, 4) is 74.1 Å². The van der Waals surface area contributed by atoms with E-state index >= 15 is 13.2 Å². The largest absolute Gasteiger partial charge is 0.417 e. The summed E-state index contributed by atoms with van der Waals surface area (Å²) in [5.41, 5.74) is 1.04. The molecule has 394 valence electrons. The monoisotopic (exact) mass is 1070 g/mol. The van der Waals surface area contributed by atoms with Crippen LogP contribution in [0.1, 0.15) is 63.3 Å². The molecule has 0 aliphatic rings. The molecule has 6 aromatic heterocycles. The SMILES string of the molecule is Cc1nc(C)nc(-c2ccc3c(c2)c2cc(-c4nc(C)nc(C)n4)ccc2n3-c2cc(-c3ccc(C(F)(F)F)cc3C(F)(F)F)cc(-n3c4ccc(-c5nc(C)nc(C)n5)cc4c4cc(-c5nc(C)nc(C)n5)ccc43)c2C#N)n1. The number of halogens is 6. The van der Waals surface area contributed by atoms with Gasteiger partial charge in [-0.15, -0.1) is 0 Å². The number of aryl methyl sites for hydroxylation is 8. The van der Waals surface area contributed by atoms with Crippen molar-refractivity contribution < 1.29 is 26.3 Å². The maximum Gasteiger partial charge on any atom is 0.417 e. The van der Waals surface area contributed by atoms with E-state index in [2.05, 4.69) is 65.9 Å². The molecule has 0 saturated heterocycles. The van der Waals surface area contributed by atoms with Gasteiger partial charge in [0.2, 0.25) is 0 Å². The molecule has 0 fully saturated rings. The Kier molecular flexibility index (Phi) is 11.8. The topological polar surface area (TPSA) is 188 Å². The second-order valence-electron chi connectivity index (χ2n) is 19.4. The molecule has 15 nitrogen and oxygen atoms in total. The molecular formula is C59H41F6N15. The Morgan fingerprint density at radius 3 is 0.912 bits per heavy atom. The number of nitrogens with zero attached hydrogens (tertiary/aromatic N) is 15. The van der Waals surface area contributed by atoms with Crippen LogP contribution < -0.4 is 0 Å². The summed E-state index contributed by atoms with van der Waals surface area (Å²) < 4.78 is 92.9. The summed E-state index contributed by atoms with van der Waals surface area (Å²) in [6, 6.07) is 28.8. The highest BCUT2D eigenvalue weighted by molar-refractivity contribution is 6.13. The van der Waals surface area contributed by atoms with E-state index in [1.165, 1.54) is 12.1 Å². The zero-order chi connectivity index (χ0) is 56.3. The average Bonchev–Trinajstić information content (AvgIpc) is 4.15. The van der Waals surface area contributed by atoms with Gasteiger partial charge in [-0.25, -0.2) is 59.8 Å². The molecule has 0 saturated carbocycles. The van der Waals surface area contributed by atoms with Crippen LogP contribution in [0, 0.1) is 66.7 Å². The lowest BCUT2D eigenvalue weighted by molar-refractivity contribution is -0.142. The van der Waals surface area contributed by atoms with Crippen molar-refractivity contribution in [3.05, 3.63) is 166 Å². The lowest BCUT2D eigenvalue weighted by Gasteiger charge is -2.21. The van der Waals surface area contributed by atoms with Gasteiger partial charge in [-0.1, -0.05) is 6.07 Å². The van der Waals surface area contributed by atoms with Crippen LogP contribution in [0.15, 0.2) is 103 Å². The molecule has 0 amide bonds. The van der Waals surface area contributed by atoms with Gasteiger partial charge in [-0.2, -0.15) is 31.6 Å². The van der Waals surface area contributed by atoms with Crippen LogP contribution >= 0.6 is 0 Å². The van der Waals surface area contributed by atoms with Gasteiger partial charge in [-0.3, -0.25) is 0 Å². The van der Waals surface area contributed by atoms with E-state index in [1.807, 2.05) is 48.5 Å². The third kappa shape index (κ3) is 8.93. The van der Waals surface area contributed by atoms with E-state index in [-0.39, 0.29) is 28.6 Å². The van der Waals surface area contributed by atoms with Gasteiger partial charge in [-0.05, 0) is 164 Å². The Balaban J connectivity index is 1.22. The highest BCUT2D eigenvalue weighted by Crippen LogP contribution is 2.46. The first-order valence-corrected chi connectivity index (χ1v) is 24.9. The first-order chi connectivity index (χ1) is 38.1. The highest BCUT2D eigenvalue weighted by Gasteiger charge is 2.39. The van der Waals surface area contributed by atoms with E-state index in [0.29, 0.717) is 142 Å². The third-order valence-corrected chi connectivity index (χ3v) is 13.7. The fourth-order valence-corrected chi connectivity index (χ4v) is 10.5. The summed E-state index contributed by atoms with van der Waals surface area (Å²) in [6.45, 7) is 14.0. The van der Waals surface area contributed by atoms with Crippen molar-refractivity contribution in [1.29, 1.82) is 5.26 Å². The van der Waals surface area contributed by atoms with Crippen LogP contribution in [-0.2, 0) is 12.4 Å². The molecule has 12 rings (SSSR count). The highest BCUT2D eigenvalue weighted by atomic mass is 19.4. The van der Waals surface area contributed by atoms with Crippen LogP contribution in [0.2, 0.25) is 0 Å². The van der Waals surface area contributed by atoms with Crippen LogP contribution in [-0.4, -0.2) is 68.9 Å². The second-order valence-corrected chi connectivity index (χ2v) is 19.4. The van der Waals surface area contributed by atoms with E-state index in [0.717, 1.165) is 6.07 Å². The Hall–Kier alpha value is -9.97. The molecule has 0 unspecified atom stereocenters. The van der Waals surface area contributed by atoms with E-state index in [9.17, 15) is 18.4 Å². The van der Waals surface area contributed by atoms with Crippen molar-refractivity contribution in [3.63, 3.8) is 0 Å². The van der Waals surface area contributed by atoms with Crippen molar-refractivity contribution in [2.75, 3.05) is 0 Å². The number of rotatable bonds is 7. The number of benzene rings is 6. The van der Waals surface area contributed by atoms with Gasteiger partial charge in [0.25, 0.3) is 0 Å². The standard InChI is InChI=1S/C59H41F6N15/c1-27-67-28(2)72-54(71-27)35-9-15-48-42(19-35)43-20-36(55-73-29(3)68-30(4)74-55)10-16-49(43)79(48)52-23-39(41-14-13-40(58(60,61)62)25-47(41)59(63,64)65)24-53(46(52)26-66)80-50-17-11-37(56-75-31(5)69-32(6)76-56)21-44(50)45-22-38(12-18-51(45)80)57-77-33(7)70-34(8)78-57/h9-25H,1-8H3. The molecule has 6 aromatic carbocycles. The first kappa shape index (κ1) is 50.8. The van der Waals surface area contributed by atoms with Gasteiger partial charge >= 0.3 is 12.4 Å². The number of hydrogen-bond acceptors (Lipinski definition) is 13. The minimum absolute atomic E-state index is 0.00740. The Labute approximate surface area is 450 Å². The second kappa shape index (κ2) is 18.6. The quantitative estimate of drug-likeness (QED) is 0.137. The summed E-state index contributed by atoms with van der Waals surface area (Å²) in [7, 11) is 0. The van der Waals surface area contributed by atoms with Crippen molar-refractivity contribution >= 4 is 43.6 Å². The maximum atomic E-state index is 15.5. The zero-order valence-corrected chi connectivity index (χ0v) is 43.8. The number of aromatic nitrogens is 14. The van der Waals surface area contributed by atoms with Gasteiger partial charge in [0.1, 0.15) is 58.2 Å². The number of nitriles is 1. The number of alkyl halides is 6. The molecule has 6 heterocycles. The van der Waals surface area contributed by atoms with Gasteiger partial charge in [0.15, 0.2) is 23.3 Å². The molecule has 0 N–H and O–H groups in total. The molecule has 0 bridgehead atoms. The Bertz CT molecular complexity index is 4100. The normalized spacial score (nSPS) is 12.1. The zero-order valence-electron chi connectivity index (χ0n) is 43.8. The summed E-state index contributed by atoms with van der Waals surface area (Å²) in [5, 5.41) is 14.3. The van der Waals surface area contributed by atoms with E-state index < -0.39 is 29.0 Å². The maximum absolute atomic E-state index is 15.5. The molecule has 0 atom stereocenters. The Morgan fingerprint density at radius 1 is 0.350 bits per heavy atom. The van der Waals surface area contributed by atoms with E-state index in [4.69, 9.17) is 0 Å². The lowest BCUT2D eigenvalue weighted by Crippen LogP contribution is -2.12. The van der Waals surface area contributed by atoms with Crippen LogP contribution in [0.5, 0.6) is 0 Å². The first-order valence-electron chi connectivity index (χ1n) is 24.9. The van der Waals surface area contributed by atoms with Crippen molar-refractivity contribution in [2.45, 2.75) is 67.7 Å². The number of hydrogen-bond donors (Lipinski definition) is 0. The third-order valence-electron chi connectivity index (χ3n) is 13.7. The molecule has 21 heteroatoms. The van der Waals surface area contributed by atoms with Crippen LogP contribution in [0.3, 0.4) is 0 Å².